The minimum atomic E-state index is 0.694. The van der Waals surface area contributed by atoms with Crippen LogP contribution in [0.3, 0.4) is 0 Å². The van der Waals surface area contributed by atoms with Gasteiger partial charge in [0.1, 0.15) is 11.6 Å². The van der Waals surface area contributed by atoms with Gasteiger partial charge in [0.2, 0.25) is 0 Å². The van der Waals surface area contributed by atoms with Crippen LogP contribution in [0.15, 0.2) is 42.5 Å². The highest BCUT2D eigenvalue weighted by molar-refractivity contribution is 5.65. The summed E-state index contributed by atoms with van der Waals surface area (Å²) >= 11 is 0. The normalized spacial score (nSPS) is 14.7. The molecule has 4 nitrogen and oxygen atoms in total. The Morgan fingerprint density at radius 1 is 1.05 bits per heavy atom. The summed E-state index contributed by atoms with van der Waals surface area (Å²) < 4.78 is 0. The van der Waals surface area contributed by atoms with Gasteiger partial charge in [0, 0.05) is 12.2 Å². The molecule has 1 aromatic heterocycles. The first-order valence-corrected chi connectivity index (χ1v) is 6.67. The smallest absolute Gasteiger partial charge is 0.142 e. The largest absolute Gasteiger partial charge is 0.326 e. The average molecular weight is 254 g/mol. The number of nitrogens with two attached hydrogens (primary N) is 1. The third kappa shape index (κ3) is 2.39. The lowest BCUT2D eigenvalue weighted by Crippen LogP contribution is -2.20. The second-order valence-corrected chi connectivity index (χ2v) is 4.76. The Labute approximate surface area is 113 Å². The van der Waals surface area contributed by atoms with Crippen LogP contribution in [-0.4, -0.2) is 11.5 Å². The highest BCUT2D eigenvalue weighted by Crippen LogP contribution is 2.31. The minimum absolute atomic E-state index is 0.694. The summed E-state index contributed by atoms with van der Waals surface area (Å²) in [6, 6.07) is 14.4. The van der Waals surface area contributed by atoms with E-state index in [-0.39, 0.29) is 0 Å². The molecule has 98 valence electrons. The molecule has 1 aliphatic rings. The lowest BCUT2D eigenvalue weighted by molar-refractivity contribution is 0.758. The van der Waals surface area contributed by atoms with Gasteiger partial charge in [0.25, 0.3) is 0 Å². The summed E-state index contributed by atoms with van der Waals surface area (Å²) in [6.07, 6.45) is 3.54. The van der Waals surface area contributed by atoms with Crippen molar-refractivity contribution in [2.75, 3.05) is 16.9 Å². The van der Waals surface area contributed by atoms with Crippen molar-refractivity contribution >= 4 is 17.3 Å². The molecule has 0 fully saturated rings. The molecule has 0 aliphatic carbocycles. The second kappa shape index (κ2) is 5.28. The van der Waals surface area contributed by atoms with Gasteiger partial charge in [-0.25, -0.2) is 10.8 Å². The zero-order valence-corrected chi connectivity index (χ0v) is 10.8. The van der Waals surface area contributed by atoms with Crippen LogP contribution >= 0.6 is 0 Å². The van der Waals surface area contributed by atoms with Crippen LogP contribution in [0.4, 0.5) is 17.3 Å². The summed E-state index contributed by atoms with van der Waals surface area (Å²) in [5, 5.41) is 0. The third-order valence-corrected chi connectivity index (χ3v) is 3.52. The predicted molar refractivity (Wildman–Crippen MR) is 78.4 cm³/mol. The highest BCUT2D eigenvalue weighted by Gasteiger charge is 2.17. The van der Waals surface area contributed by atoms with Crippen molar-refractivity contribution in [3.63, 3.8) is 0 Å². The molecule has 3 N–H and O–H groups in total. The van der Waals surface area contributed by atoms with Crippen LogP contribution in [0.5, 0.6) is 0 Å². The molecule has 0 unspecified atom stereocenters. The van der Waals surface area contributed by atoms with Crippen LogP contribution in [-0.2, 0) is 6.42 Å². The topological polar surface area (TPSA) is 54.2 Å². The number of benzene rings is 1. The zero-order valence-electron chi connectivity index (χ0n) is 10.8. The van der Waals surface area contributed by atoms with Crippen molar-refractivity contribution in [1.82, 2.24) is 4.98 Å². The maximum atomic E-state index is 5.44. The number of pyridine rings is 1. The molecule has 1 aromatic carbocycles. The molecule has 4 heteroatoms. The number of fused-ring (bicyclic) bond motifs is 1. The zero-order chi connectivity index (χ0) is 13.1. The average Bonchev–Trinajstić information content (AvgIpc) is 2.69. The van der Waals surface area contributed by atoms with E-state index < -0.39 is 0 Å². The lowest BCUT2D eigenvalue weighted by Gasteiger charge is -2.24. The molecule has 0 radical (unpaired) electrons. The van der Waals surface area contributed by atoms with Crippen LogP contribution in [0.2, 0.25) is 0 Å². The third-order valence-electron chi connectivity index (χ3n) is 3.52. The van der Waals surface area contributed by atoms with Gasteiger partial charge in [-0.15, -0.1) is 0 Å². The summed E-state index contributed by atoms with van der Waals surface area (Å²) in [5.41, 5.74) is 5.27. The van der Waals surface area contributed by atoms with Gasteiger partial charge >= 0.3 is 0 Å². The van der Waals surface area contributed by atoms with Crippen LogP contribution < -0.4 is 16.2 Å². The van der Waals surface area contributed by atoms with Crippen molar-refractivity contribution in [2.45, 2.75) is 19.3 Å². The Balaban J connectivity index is 2.03. The van der Waals surface area contributed by atoms with E-state index in [1.54, 1.807) is 0 Å². The summed E-state index contributed by atoms with van der Waals surface area (Å²) in [6.45, 7) is 0.998. The first-order chi connectivity index (χ1) is 9.38. The molecule has 19 heavy (non-hydrogen) atoms. The quantitative estimate of drug-likeness (QED) is 0.639. The lowest BCUT2D eigenvalue weighted by atomic mass is 10.1. The Hall–Kier alpha value is -2.07. The Morgan fingerprint density at radius 3 is 2.84 bits per heavy atom. The standard InChI is InChI=1S/C15H18N4/c16-18-14-9-5-10-15(17-14)19-11-4-3-7-12-6-1-2-8-13(12)19/h1-2,5-6,8-10H,3-4,7,11,16H2,(H,17,18). The van der Waals surface area contributed by atoms with E-state index in [1.165, 1.54) is 24.1 Å². The minimum Gasteiger partial charge on any atom is -0.326 e. The molecule has 3 rings (SSSR count). The number of anilines is 3. The summed E-state index contributed by atoms with van der Waals surface area (Å²) in [5.74, 6) is 7.09. The maximum Gasteiger partial charge on any atom is 0.142 e. The summed E-state index contributed by atoms with van der Waals surface area (Å²) in [4.78, 5) is 6.83. The molecule has 0 atom stereocenters. The van der Waals surface area contributed by atoms with Crippen molar-refractivity contribution in [2.24, 2.45) is 5.84 Å². The SMILES string of the molecule is NNc1cccc(N2CCCCc3ccccc32)n1. The molecule has 0 bridgehead atoms. The van der Waals surface area contributed by atoms with Gasteiger partial charge in [-0.3, -0.25) is 0 Å². The van der Waals surface area contributed by atoms with Crippen molar-refractivity contribution in [3.8, 4) is 0 Å². The van der Waals surface area contributed by atoms with Crippen LogP contribution in [0.25, 0.3) is 0 Å². The van der Waals surface area contributed by atoms with Gasteiger partial charge in [0.15, 0.2) is 0 Å². The van der Waals surface area contributed by atoms with Gasteiger partial charge in [-0.2, -0.15) is 0 Å². The fraction of sp³-hybridized carbons (Fsp3) is 0.267. The Morgan fingerprint density at radius 2 is 1.95 bits per heavy atom. The molecular formula is C15H18N4. The van der Waals surface area contributed by atoms with Gasteiger partial charge < -0.3 is 10.3 Å². The van der Waals surface area contributed by atoms with Crippen molar-refractivity contribution < 1.29 is 0 Å². The van der Waals surface area contributed by atoms with Crippen molar-refractivity contribution in [1.29, 1.82) is 0 Å². The number of hydrogen-bond acceptors (Lipinski definition) is 4. The number of aryl methyl sites for hydroxylation is 1. The first-order valence-electron chi connectivity index (χ1n) is 6.67. The number of nitrogens with one attached hydrogen (secondary N) is 1. The van der Waals surface area contributed by atoms with Crippen LogP contribution in [0.1, 0.15) is 18.4 Å². The molecule has 0 spiro atoms. The molecule has 0 amide bonds. The fourth-order valence-electron chi connectivity index (χ4n) is 2.58. The molecule has 0 saturated carbocycles. The van der Waals surface area contributed by atoms with Crippen molar-refractivity contribution in [3.05, 3.63) is 48.0 Å². The molecule has 2 heterocycles. The maximum absolute atomic E-state index is 5.44. The van der Waals surface area contributed by atoms with E-state index in [0.29, 0.717) is 5.82 Å². The van der Waals surface area contributed by atoms with Crippen LogP contribution in [0, 0.1) is 0 Å². The predicted octanol–water partition coefficient (Wildman–Crippen LogP) is 2.84. The van der Waals surface area contributed by atoms with E-state index >= 15 is 0 Å². The summed E-state index contributed by atoms with van der Waals surface area (Å²) in [7, 11) is 0. The molecular weight excluding hydrogens is 236 g/mol. The Bertz CT molecular complexity index is 568. The van der Waals surface area contributed by atoms with Gasteiger partial charge in [-0.1, -0.05) is 24.3 Å². The van der Waals surface area contributed by atoms with Gasteiger partial charge in [0.05, 0.1) is 0 Å². The monoisotopic (exact) mass is 254 g/mol. The number of nitrogens with zero attached hydrogens (tertiary/aromatic N) is 2. The highest BCUT2D eigenvalue weighted by atomic mass is 15.3. The molecule has 0 saturated heterocycles. The molecule has 1 aliphatic heterocycles. The number of nitrogen functional groups attached to an aromatic ring is 1. The van der Waals surface area contributed by atoms with Gasteiger partial charge in [-0.05, 0) is 43.0 Å². The Kier molecular flexibility index (Phi) is 3.33. The number of hydrazine groups is 1. The number of aromatic nitrogens is 1. The van der Waals surface area contributed by atoms with E-state index in [9.17, 15) is 0 Å². The fourth-order valence-corrected chi connectivity index (χ4v) is 2.58. The van der Waals surface area contributed by atoms with E-state index in [1.807, 2.05) is 18.2 Å². The van der Waals surface area contributed by atoms with E-state index in [4.69, 9.17) is 5.84 Å². The number of para-hydroxylation sites is 1. The second-order valence-electron chi connectivity index (χ2n) is 4.76. The molecule has 2 aromatic rings. The first kappa shape index (κ1) is 12.0. The van der Waals surface area contributed by atoms with E-state index in [0.717, 1.165) is 18.8 Å². The van der Waals surface area contributed by atoms with E-state index in [2.05, 4.69) is 39.6 Å². The number of hydrogen-bond donors (Lipinski definition) is 2. The number of rotatable bonds is 2.